The van der Waals surface area contributed by atoms with E-state index in [0.29, 0.717) is 36.0 Å². The van der Waals surface area contributed by atoms with Crippen LogP contribution in [0.3, 0.4) is 0 Å². The maximum Gasteiger partial charge on any atom is 0.213 e. The molecule has 0 aliphatic heterocycles. The molecule has 0 spiro atoms. The lowest BCUT2D eigenvalue weighted by atomic mass is 10.1. The first-order valence-electron chi connectivity index (χ1n) is 13.9. The molecule has 4 aromatic carbocycles. The van der Waals surface area contributed by atoms with Gasteiger partial charge in [-0.2, -0.15) is 5.26 Å². The SMILES string of the molecule is CCOc1cc(CN(c2ccc(C#N)cc2)c2nc3ccccc3n2COCc2ccccc2)c(F)c(OC(C)C)c1. The number of hydrogen-bond acceptors (Lipinski definition) is 6. The fourth-order valence-electron chi connectivity index (χ4n) is 4.72. The zero-order valence-electron chi connectivity index (χ0n) is 24.0. The van der Waals surface area contributed by atoms with Crippen molar-refractivity contribution >= 4 is 22.7 Å². The topological polar surface area (TPSA) is 72.5 Å². The van der Waals surface area contributed by atoms with Gasteiger partial charge in [0.2, 0.25) is 5.95 Å². The van der Waals surface area contributed by atoms with Crippen LogP contribution in [0.2, 0.25) is 0 Å². The highest BCUT2D eigenvalue weighted by atomic mass is 19.1. The van der Waals surface area contributed by atoms with Crippen LogP contribution in [-0.2, 0) is 24.6 Å². The van der Waals surface area contributed by atoms with Crippen molar-refractivity contribution in [2.45, 2.75) is 46.8 Å². The summed E-state index contributed by atoms with van der Waals surface area (Å²) in [5.74, 6) is 0.754. The number of fused-ring (bicyclic) bond motifs is 1. The standard InChI is InChI=1S/C34H33FN4O3/c1-4-41-29-18-27(33(35)32(19-29)42-24(2)3)21-38(28-16-14-25(20-36)15-17-28)34-37-30-12-8-9-13-31(30)39(34)23-40-22-26-10-6-5-7-11-26/h5-19,24H,4,21-23H2,1-3H3. The molecule has 0 aliphatic carbocycles. The summed E-state index contributed by atoms with van der Waals surface area (Å²) >= 11 is 0. The van der Waals surface area contributed by atoms with Gasteiger partial charge in [0.25, 0.3) is 0 Å². The predicted molar refractivity (Wildman–Crippen MR) is 161 cm³/mol. The third kappa shape index (κ3) is 6.54. The molecule has 1 heterocycles. The van der Waals surface area contributed by atoms with E-state index in [1.165, 1.54) is 0 Å². The summed E-state index contributed by atoms with van der Waals surface area (Å²) in [6.45, 7) is 6.79. The fourth-order valence-corrected chi connectivity index (χ4v) is 4.72. The van der Waals surface area contributed by atoms with Crippen molar-refractivity contribution in [2.75, 3.05) is 11.5 Å². The van der Waals surface area contributed by atoms with E-state index in [9.17, 15) is 5.26 Å². The van der Waals surface area contributed by atoms with Gasteiger partial charge in [0.1, 0.15) is 12.5 Å². The maximum atomic E-state index is 16.0. The lowest BCUT2D eigenvalue weighted by Crippen LogP contribution is -2.22. The Hall–Kier alpha value is -4.87. The summed E-state index contributed by atoms with van der Waals surface area (Å²) in [6, 6.07) is 30.4. The lowest BCUT2D eigenvalue weighted by molar-refractivity contribution is 0.0673. The van der Waals surface area contributed by atoms with Crippen molar-refractivity contribution < 1.29 is 18.6 Å². The van der Waals surface area contributed by atoms with E-state index in [1.807, 2.05) is 97.0 Å². The van der Waals surface area contributed by atoms with Crippen LogP contribution in [0.5, 0.6) is 11.5 Å². The Morgan fingerprint density at radius 3 is 2.43 bits per heavy atom. The Morgan fingerprint density at radius 2 is 1.71 bits per heavy atom. The first-order valence-corrected chi connectivity index (χ1v) is 13.9. The van der Waals surface area contributed by atoms with Gasteiger partial charge in [0.05, 0.1) is 48.5 Å². The van der Waals surface area contributed by atoms with Crippen molar-refractivity contribution in [1.82, 2.24) is 9.55 Å². The number of aromatic nitrogens is 2. The van der Waals surface area contributed by atoms with Gasteiger partial charge in [-0.05, 0) is 68.8 Å². The molecule has 7 nitrogen and oxygen atoms in total. The van der Waals surface area contributed by atoms with Crippen LogP contribution < -0.4 is 14.4 Å². The van der Waals surface area contributed by atoms with Gasteiger partial charge in [0.15, 0.2) is 11.6 Å². The Labute approximate surface area is 245 Å². The van der Waals surface area contributed by atoms with Crippen LogP contribution in [0, 0.1) is 17.1 Å². The zero-order valence-corrected chi connectivity index (χ0v) is 24.0. The zero-order chi connectivity index (χ0) is 29.5. The van der Waals surface area contributed by atoms with Gasteiger partial charge < -0.3 is 19.1 Å². The minimum Gasteiger partial charge on any atom is -0.494 e. The number of hydrogen-bond donors (Lipinski definition) is 0. The van der Waals surface area contributed by atoms with Crippen molar-refractivity contribution in [3.8, 4) is 17.6 Å². The summed E-state index contributed by atoms with van der Waals surface area (Å²) in [5, 5.41) is 9.40. The Kier molecular flexibility index (Phi) is 9.00. The quantitative estimate of drug-likeness (QED) is 0.154. The van der Waals surface area contributed by atoms with Crippen LogP contribution in [0.4, 0.5) is 16.0 Å². The molecule has 0 bridgehead atoms. The van der Waals surface area contributed by atoms with E-state index in [0.717, 1.165) is 22.3 Å². The highest BCUT2D eigenvalue weighted by molar-refractivity contribution is 5.80. The summed E-state index contributed by atoms with van der Waals surface area (Å²) in [6.07, 6.45) is -0.218. The normalized spacial score (nSPS) is 11.0. The third-order valence-corrected chi connectivity index (χ3v) is 6.61. The number of nitriles is 1. The fraction of sp³-hybridized carbons (Fsp3) is 0.235. The molecule has 0 radical (unpaired) electrons. The molecule has 5 rings (SSSR count). The number of imidazole rings is 1. The molecule has 0 saturated carbocycles. The molecular formula is C34H33FN4O3. The number of anilines is 2. The monoisotopic (exact) mass is 564 g/mol. The van der Waals surface area contributed by atoms with Crippen LogP contribution in [-0.4, -0.2) is 22.3 Å². The number of rotatable bonds is 12. The number of benzene rings is 4. The van der Waals surface area contributed by atoms with E-state index in [-0.39, 0.29) is 25.1 Å². The molecule has 0 aliphatic rings. The second-order valence-electron chi connectivity index (χ2n) is 10.0. The Morgan fingerprint density at radius 1 is 0.976 bits per heavy atom. The Bertz CT molecular complexity index is 1680. The van der Waals surface area contributed by atoms with Crippen molar-refractivity contribution in [3.05, 3.63) is 114 Å². The van der Waals surface area contributed by atoms with Crippen LogP contribution >= 0.6 is 0 Å². The van der Waals surface area contributed by atoms with Gasteiger partial charge in [-0.1, -0.05) is 42.5 Å². The van der Waals surface area contributed by atoms with Crippen molar-refractivity contribution in [1.29, 1.82) is 5.26 Å². The van der Waals surface area contributed by atoms with Crippen LogP contribution in [0.25, 0.3) is 11.0 Å². The molecule has 0 unspecified atom stereocenters. The van der Waals surface area contributed by atoms with Gasteiger partial charge in [-0.3, -0.25) is 4.57 Å². The van der Waals surface area contributed by atoms with Gasteiger partial charge >= 0.3 is 0 Å². The smallest absolute Gasteiger partial charge is 0.213 e. The van der Waals surface area contributed by atoms with E-state index in [2.05, 4.69) is 6.07 Å². The minimum atomic E-state index is -0.464. The highest BCUT2D eigenvalue weighted by Crippen LogP contribution is 2.35. The number of para-hydroxylation sites is 2. The van der Waals surface area contributed by atoms with Crippen molar-refractivity contribution in [2.24, 2.45) is 0 Å². The molecule has 42 heavy (non-hydrogen) atoms. The summed E-state index contributed by atoms with van der Waals surface area (Å²) < 4.78 is 35.7. The molecule has 1 aromatic heterocycles. The molecule has 5 aromatic rings. The molecular weight excluding hydrogens is 531 g/mol. The largest absolute Gasteiger partial charge is 0.494 e. The molecule has 0 amide bonds. The molecule has 214 valence electrons. The average molecular weight is 565 g/mol. The molecule has 0 fully saturated rings. The van der Waals surface area contributed by atoms with Crippen LogP contribution in [0.15, 0.2) is 91.0 Å². The predicted octanol–water partition coefficient (Wildman–Crippen LogP) is 7.75. The van der Waals surface area contributed by atoms with E-state index in [1.54, 1.807) is 24.3 Å². The lowest BCUT2D eigenvalue weighted by Gasteiger charge is -2.26. The minimum absolute atomic E-state index is 0.120. The number of nitrogens with zero attached hydrogens (tertiary/aromatic N) is 4. The third-order valence-electron chi connectivity index (χ3n) is 6.61. The van der Waals surface area contributed by atoms with Gasteiger partial charge in [0, 0.05) is 17.3 Å². The van der Waals surface area contributed by atoms with Gasteiger partial charge in [-0.15, -0.1) is 0 Å². The van der Waals surface area contributed by atoms with E-state index in [4.69, 9.17) is 19.2 Å². The van der Waals surface area contributed by atoms with E-state index < -0.39 is 5.82 Å². The van der Waals surface area contributed by atoms with Crippen LogP contribution in [0.1, 0.15) is 37.5 Å². The molecule has 0 atom stereocenters. The highest BCUT2D eigenvalue weighted by Gasteiger charge is 2.23. The second kappa shape index (κ2) is 13.2. The molecule has 8 heteroatoms. The first kappa shape index (κ1) is 28.7. The molecule has 0 saturated heterocycles. The average Bonchev–Trinajstić information content (AvgIpc) is 3.36. The summed E-state index contributed by atoms with van der Waals surface area (Å²) in [4.78, 5) is 6.89. The number of halogens is 1. The summed E-state index contributed by atoms with van der Waals surface area (Å²) in [7, 11) is 0. The maximum absolute atomic E-state index is 16.0. The summed E-state index contributed by atoms with van der Waals surface area (Å²) in [5.41, 5.74) is 4.36. The van der Waals surface area contributed by atoms with Gasteiger partial charge in [-0.25, -0.2) is 9.37 Å². The van der Waals surface area contributed by atoms with Crippen molar-refractivity contribution in [3.63, 3.8) is 0 Å². The Balaban J connectivity index is 1.60. The van der Waals surface area contributed by atoms with E-state index >= 15 is 4.39 Å². The second-order valence-corrected chi connectivity index (χ2v) is 10.0. The molecule has 0 N–H and O–H groups in total. The first-order chi connectivity index (χ1) is 20.5. The number of ether oxygens (including phenoxy) is 3.